The zero-order valence-electron chi connectivity index (χ0n) is 16.8. The fraction of sp³-hybridized carbons (Fsp3) is 0.364. The van der Waals surface area contributed by atoms with Gasteiger partial charge < -0.3 is 4.74 Å². The summed E-state index contributed by atoms with van der Waals surface area (Å²) < 4.78 is 7.53. The molecule has 0 bridgehead atoms. The van der Waals surface area contributed by atoms with Gasteiger partial charge in [0.1, 0.15) is 0 Å². The maximum atomic E-state index is 13.4. The second kappa shape index (κ2) is 10.7. The van der Waals surface area contributed by atoms with Gasteiger partial charge in [0.25, 0.3) is 5.91 Å². The number of anilines is 1. The number of hydrogen-bond acceptors (Lipinski definition) is 5. The molecule has 0 saturated carbocycles. The van der Waals surface area contributed by atoms with Crippen molar-refractivity contribution in [2.24, 2.45) is 0 Å². The van der Waals surface area contributed by atoms with Gasteiger partial charge in [-0.1, -0.05) is 40.3 Å². The van der Waals surface area contributed by atoms with Crippen LogP contribution in [0.25, 0.3) is 10.2 Å². The molecule has 0 spiro atoms. The third kappa shape index (κ3) is 5.39. The molecule has 4 rings (SSSR count). The minimum atomic E-state index is -0.0134. The van der Waals surface area contributed by atoms with Gasteiger partial charge >= 0.3 is 0 Å². The summed E-state index contributed by atoms with van der Waals surface area (Å²) in [5, 5.41) is 0.759. The third-order valence-electron chi connectivity index (χ3n) is 5.16. The normalized spacial score (nSPS) is 14.5. The molecule has 0 radical (unpaired) electrons. The highest BCUT2D eigenvalue weighted by Gasteiger charge is 2.23. The van der Waals surface area contributed by atoms with Crippen molar-refractivity contribution in [1.29, 1.82) is 0 Å². The Bertz CT molecular complexity index is 990. The number of nitrogens with zero attached hydrogens (tertiary/aromatic N) is 3. The maximum absolute atomic E-state index is 13.4. The van der Waals surface area contributed by atoms with Gasteiger partial charge in [0.05, 0.1) is 23.4 Å². The number of rotatable bonds is 6. The Morgan fingerprint density at radius 2 is 1.93 bits per heavy atom. The Kier molecular flexibility index (Phi) is 8.25. The van der Waals surface area contributed by atoms with Gasteiger partial charge in [-0.25, -0.2) is 4.98 Å². The molecule has 30 heavy (non-hydrogen) atoms. The lowest BCUT2D eigenvalue weighted by Crippen LogP contribution is -2.43. The summed E-state index contributed by atoms with van der Waals surface area (Å²) in [5.41, 5.74) is 2.90. The van der Waals surface area contributed by atoms with E-state index in [1.54, 1.807) is 11.3 Å². The molecule has 5 nitrogen and oxygen atoms in total. The number of carbonyl (C=O) groups is 1. The van der Waals surface area contributed by atoms with Crippen molar-refractivity contribution in [2.45, 2.75) is 13.3 Å². The van der Waals surface area contributed by atoms with Crippen molar-refractivity contribution in [3.8, 4) is 0 Å². The van der Waals surface area contributed by atoms with Crippen LogP contribution < -0.4 is 4.90 Å². The third-order valence-corrected chi connectivity index (χ3v) is 6.73. The van der Waals surface area contributed by atoms with Gasteiger partial charge in [0.2, 0.25) is 0 Å². The first-order valence-electron chi connectivity index (χ1n) is 9.91. The van der Waals surface area contributed by atoms with E-state index in [4.69, 9.17) is 9.72 Å². The molecular weight excluding hydrogens is 486 g/mol. The molecule has 160 valence electrons. The molecule has 1 aliphatic rings. The SMILES string of the molecule is CCc1ccc2nc(N(CCN3CCOCC3)C(=O)c3ccc(Br)cc3)sc2c1.Cl. The Morgan fingerprint density at radius 3 is 2.63 bits per heavy atom. The lowest BCUT2D eigenvalue weighted by molar-refractivity contribution is 0.0391. The predicted octanol–water partition coefficient (Wildman–Crippen LogP) is 5.02. The van der Waals surface area contributed by atoms with Gasteiger partial charge in [-0.3, -0.25) is 14.6 Å². The number of amides is 1. The second-order valence-electron chi connectivity index (χ2n) is 7.07. The molecule has 3 aromatic rings. The van der Waals surface area contributed by atoms with Crippen molar-refractivity contribution >= 4 is 60.9 Å². The zero-order valence-corrected chi connectivity index (χ0v) is 20.1. The fourth-order valence-corrected chi connectivity index (χ4v) is 4.71. The van der Waals surface area contributed by atoms with E-state index in [-0.39, 0.29) is 18.3 Å². The van der Waals surface area contributed by atoms with E-state index in [0.29, 0.717) is 12.1 Å². The summed E-state index contributed by atoms with van der Waals surface area (Å²) in [6.07, 6.45) is 0.988. The Labute approximate surface area is 195 Å². The van der Waals surface area contributed by atoms with Crippen molar-refractivity contribution in [1.82, 2.24) is 9.88 Å². The van der Waals surface area contributed by atoms with E-state index in [2.05, 4.69) is 46.0 Å². The van der Waals surface area contributed by atoms with E-state index >= 15 is 0 Å². The number of thiazole rings is 1. The number of halogens is 2. The molecule has 1 saturated heterocycles. The van der Waals surface area contributed by atoms with Crippen LogP contribution in [-0.2, 0) is 11.2 Å². The van der Waals surface area contributed by atoms with Gasteiger partial charge in [-0.2, -0.15) is 0 Å². The Morgan fingerprint density at radius 1 is 1.20 bits per heavy atom. The number of carbonyl (C=O) groups excluding carboxylic acids is 1. The van der Waals surface area contributed by atoms with E-state index in [1.807, 2.05) is 29.2 Å². The summed E-state index contributed by atoms with van der Waals surface area (Å²) in [6, 6.07) is 13.9. The van der Waals surface area contributed by atoms with Gasteiger partial charge in [-0.15, -0.1) is 12.4 Å². The highest BCUT2D eigenvalue weighted by Crippen LogP contribution is 2.31. The maximum Gasteiger partial charge on any atom is 0.260 e. The first-order chi connectivity index (χ1) is 14.1. The smallest absolute Gasteiger partial charge is 0.260 e. The number of ether oxygens (including phenoxy) is 1. The molecule has 1 fully saturated rings. The number of benzene rings is 2. The van der Waals surface area contributed by atoms with Crippen LogP contribution in [0.5, 0.6) is 0 Å². The van der Waals surface area contributed by atoms with Gasteiger partial charge in [-0.05, 0) is 48.4 Å². The molecule has 0 aliphatic carbocycles. The van der Waals surface area contributed by atoms with Gasteiger partial charge in [0.15, 0.2) is 5.13 Å². The number of aryl methyl sites for hydroxylation is 1. The second-order valence-corrected chi connectivity index (χ2v) is 8.99. The van der Waals surface area contributed by atoms with Crippen molar-refractivity contribution < 1.29 is 9.53 Å². The number of morpholine rings is 1. The van der Waals surface area contributed by atoms with Crippen LogP contribution in [0.2, 0.25) is 0 Å². The molecule has 2 aromatic carbocycles. The standard InChI is InChI=1S/C22H24BrN3O2S.ClH/c1-2-16-3-8-19-20(15-16)29-22(24-19)26(10-9-25-11-13-28-14-12-25)21(27)17-4-6-18(23)7-5-17;/h3-8,15H,2,9-14H2,1H3;1H. The highest BCUT2D eigenvalue weighted by atomic mass is 79.9. The van der Waals surface area contributed by atoms with Crippen LogP contribution in [0.4, 0.5) is 5.13 Å². The number of aromatic nitrogens is 1. The molecule has 0 atom stereocenters. The molecular formula is C22H25BrClN3O2S. The predicted molar refractivity (Wildman–Crippen MR) is 129 cm³/mol. The largest absolute Gasteiger partial charge is 0.379 e. The topological polar surface area (TPSA) is 45.7 Å². The minimum Gasteiger partial charge on any atom is -0.379 e. The summed E-state index contributed by atoms with van der Waals surface area (Å²) in [4.78, 5) is 22.3. The van der Waals surface area contributed by atoms with Gasteiger partial charge in [0, 0.05) is 36.2 Å². The lowest BCUT2D eigenvalue weighted by atomic mass is 10.2. The Hall–Kier alpha value is -1.51. The van der Waals surface area contributed by atoms with E-state index in [1.165, 1.54) is 5.56 Å². The summed E-state index contributed by atoms with van der Waals surface area (Å²) in [5.74, 6) is -0.0134. The fourth-order valence-electron chi connectivity index (χ4n) is 3.39. The number of fused-ring (bicyclic) bond motifs is 1. The molecule has 8 heteroatoms. The van der Waals surface area contributed by atoms with Crippen molar-refractivity contribution in [3.05, 3.63) is 58.1 Å². The zero-order chi connectivity index (χ0) is 20.2. The molecule has 1 amide bonds. The average molecular weight is 511 g/mol. The first kappa shape index (κ1) is 23.2. The average Bonchev–Trinajstić information content (AvgIpc) is 3.17. The number of hydrogen-bond donors (Lipinski definition) is 0. The molecule has 1 aliphatic heterocycles. The minimum absolute atomic E-state index is 0. The van der Waals surface area contributed by atoms with E-state index in [9.17, 15) is 4.79 Å². The molecule has 1 aromatic heterocycles. The van der Waals surface area contributed by atoms with Crippen LogP contribution in [0.15, 0.2) is 46.9 Å². The highest BCUT2D eigenvalue weighted by molar-refractivity contribution is 9.10. The quantitative estimate of drug-likeness (QED) is 0.467. The Balaban J connectivity index is 0.00000256. The molecule has 0 unspecified atom stereocenters. The van der Waals surface area contributed by atoms with E-state index in [0.717, 1.165) is 59.1 Å². The van der Waals surface area contributed by atoms with Crippen molar-refractivity contribution in [2.75, 3.05) is 44.3 Å². The summed E-state index contributed by atoms with van der Waals surface area (Å²) in [6.45, 7) is 6.87. The van der Waals surface area contributed by atoms with Crippen molar-refractivity contribution in [3.63, 3.8) is 0 Å². The first-order valence-corrected chi connectivity index (χ1v) is 11.5. The van der Waals surface area contributed by atoms with E-state index < -0.39 is 0 Å². The van der Waals surface area contributed by atoms with Crippen LogP contribution in [0, 0.1) is 0 Å². The lowest BCUT2D eigenvalue weighted by Gasteiger charge is -2.29. The molecule has 2 heterocycles. The van der Waals surface area contributed by atoms with Crippen LogP contribution in [0.3, 0.4) is 0 Å². The monoisotopic (exact) mass is 509 g/mol. The van der Waals surface area contributed by atoms with Crippen LogP contribution in [-0.4, -0.2) is 55.2 Å². The molecule has 0 N–H and O–H groups in total. The summed E-state index contributed by atoms with van der Waals surface area (Å²) >= 11 is 5.03. The van der Waals surface area contributed by atoms with Crippen LogP contribution >= 0.6 is 39.7 Å². The summed E-state index contributed by atoms with van der Waals surface area (Å²) in [7, 11) is 0. The van der Waals surface area contributed by atoms with Crippen LogP contribution in [0.1, 0.15) is 22.8 Å².